The van der Waals surface area contributed by atoms with Crippen molar-refractivity contribution in [2.24, 2.45) is 0 Å². The summed E-state index contributed by atoms with van der Waals surface area (Å²) in [6.07, 6.45) is 0.203. The number of carboxylic acid groups (broad SMARTS) is 1. The highest BCUT2D eigenvalue weighted by Crippen LogP contribution is 2.42. The Morgan fingerprint density at radius 1 is 1.16 bits per heavy atom. The lowest BCUT2D eigenvalue weighted by Gasteiger charge is -2.32. The van der Waals surface area contributed by atoms with E-state index in [1.54, 1.807) is 26.8 Å². The van der Waals surface area contributed by atoms with Gasteiger partial charge in [-0.2, -0.15) is 0 Å². The van der Waals surface area contributed by atoms with Gasteiger partial charge in [0, 0.05) is 36.4 Å². The number of nitrogens with zero attached hydrogens (tertiary/aromatic N) is 1. The van der Waals surface area contributed by atoms with Crippen molar-refractivity contribution in [2.75, 3.05) is 6.61 Å². The second-order valence-corrected chi connectivity index (χ2v) is 8.00. The predicted octanol–water partition coefficient (Wildman–Crippen LogP) is 3.19. The van der Waals surface area contributed by atoms with Crippen LogP contribution in [0, 0.1) is 10.1 Å². The molecule has 0 spiro atoms. The van der Waals surface area contributed by atoms with E-state index >= 15 is 0 Å². The van der Waals surface area contributed by atoms with Crippen LogP contribution in [-0.4, -0.2) is 40.1 Å². The molecular formula is C22H26N2O8. The van der Waals surface area contributed by atoms with Crippen LogP contribution in [0.4, 0.5) is 5.69 Å². The number of carbonyl (C=O) groups excluding carboxylic acids is 2. The lowest BCUT2D eigenvalue weighted by Crippen LogP contribution is -2.36. The zero-order valence-corrected chi connectivity index (χ0v) is 18.6. The van der Waals surface area contributed by atoms with E-state index in [2.05, 4.69) is 5.32 Å². The highest BCUT2D eigenvalue weighted by molar-refractivity contribution is 5.99. The third-order valence-corrected chi connectivity index (χ3v) is 5.03. The fourth-order valence-corrected chi connectivity index (χ4v) is 3.55. The number of nitro benzene ring substituents is 1. The van der Waals surface area contributed by atoms with Crippen LogP contribution in [0.25, 0.3) is 0 Å². The van der Waals surface area contributed by atoms with Crippen LogP contribution in [0.15, 0.2) is 46.8 Å². The first-order chi connectivity index (χ1) is 14.9. The largest absolute Gasteiger partial charge is 0.478 e. The fraction of sp³-hybridized carbons (Fsp3) is 0.409. The first-order valence-corrected chi connectivity index (χ1v) is 9.87. The summed E-state index contributed by atoms with van der Waals surface area (Å²) in [4.78, 5) is 47.4. The van der Waals surface area contributed by atoms with Crippen molar-refractivity contribution in [1.29, 1.82) is 0 Å². The smallest absolute Gasteiger partial charge is 0.337 e. The van der Waals surface area contributed by atoms with Crippen molar-refractivity contribution < 1.29 is 33.9 Å². The topological polar surface area (TPSA) is 145 Å². The third kappa shape index (κ3) is 5.51. The molecule has 1 aromatic rings. The molecule has 1 heterocycles. The summed E-state index contributed by atoms with van der Waals surface area (Å²) >= 11 is 0. The second-order valence-electron chi connectivity index (χ2n) is 8.00. The van der Waals surface area contributed by atoms with E-state index in [0.29, 0.717) is 5.70 Å². The maximum atomic E-state index is 13.2. The molecule has 10 nitrogen and oxygen atoms in total. The van der Waals surface area contributed by atoms with E-state index in [1.807, 2.05) is 0 Å². The molecule has 2 N–H and O–H groups in total. The lowest BCUT2D eigenvalue weighted by molar-refractivity contribution is -0.385. The van der Waals surface area contributed by atoms with Crippen LogP contribution < -0.4 is 5.32 Å². The monoisotopic (exact) mass is 446 g/mol. The number of para-hydroxylation sites is 1. The summed E-state index contributed by atoms with van der Waals surface area (Å²) < 4.78 is 10.5. The van der Waals surface area contributed by atoms with E-state index < -0.39 is 34.4 Å². The lowest BCUT2D eigenvalue weighted by atomic mass is 9.79. The van der Waals surface area contributed by atoms with Gasteiger partial charge < -0.3 is 19.9 Å². The van der Waals surface area contributed by atoms with Crippen LogP contribution in [-0.2, 0) is 23.9 Å². The molecule has 0 saturated carbocycles. The van der Waals surface area contributed by atoms with Crippen molar-refractivity contribution in [3.05, 3.63) is 62.5 Å². The summed E-state index contributed by atoms with van der Waals surface area (Å²) in [5.41, 5.74) is -0.914. The van der Waals surface area contributed by atoms with Crippen LogP contribution in [0.5, 0.6) is 0 Å². The molecule has 172 valence electrons. The van der Waals surface area contributed by atoms with Gasteiger partial charge in [-0.1, -0.05) is 18.2 Å². The summed E-state index contributed by atoms with van der Waals surface area (Å²) in [5.74, 6) is -3.82. The van der Waals surface area contributed by atoms with E-state index in [9.17, 15) is 29.6 Å². The molecule has 2 rings (SSSR count). The fourth-order valence-electron chi connectivity index (χ4n) is 3.55. The third-order valence-electron chi connectivity index (χ3n) is 5.03. The number of benzene rings is 1. The maximum absolute atomic E-state index is 13.2. The zero-order valence-electron chi connectivity index (χ0n) is 18.6. The Morgan fingerprint density at radius 3 is 2.31 bits per heavy atom. The number of hydrogen-bond donors (Lipinski definition) is 2. The SMILES string of the molecule is CC(=O)OCCC(C)(C)OC(=O)C1=C(C)NC(C)=C(C(=O)O)C1c1ccccc1[N+](=O)[O-]. The van der Waals surface area contributed by atoms with Crippen molar-refractivity contribution in [3.8, 4) is 0 Å². The first kappa shape index (κ1) is 24.6. The molecule has 1 atom stereocenters. The number of allylic oxidation sites excluding steroid dienone is 2. The van der Waals surface area contributed by atoms with Crippen LogP contribution in [0.2, 0.25) is 0 Å². The number of aliphatic carboxylic acids is 1. The standard InChI is InChI=1S/C22H26N2O8/c1-12-17(20(26)27)19(15-8-6-7-9-16(15)24(29)30)18(13(2)23-12)21(28)32-22(4,5)10-11-31-14(3)25/h6-9,19,23H,10-11H2,1-5H3,(H,26,27). The van der Waals surface area contributed by atoms with Gasteiger partial charge in [0.05, 0.1) is 28.6 Å². The molecule has 0 aliphatic carbocycles. The molecule has 0 amide bonds. The van der Waals surface area contributed by atoms with Crippen molar-refractivity contribution in [3.63, 3.8) is 0 Å². The van der Waals surface area contributed by atoms with Crippen molar-refractivity contribution in [2.45, 2.75) is 52.6 Å². The Hall–Kier alpha value is -3.69. The second kappa shape index (κ2) is 9.63. The van der Waals surface area contributed by atoms with Crippen molar-refractivity contribution >= 4 is 23.6 Å². The maximum Gasteiger partial charge on any atom is 0.337 e. The Morgan fingerprint density at radius 2 is 1.75 bits per heavy atom. The van der Waals surface area contributed by atoms with Gasteiger partial charge in [0.25, 0.3) is 5.69 Å². The molecule has 0 bridgehead atoms. The quantitative estimate of drug-likeness (QED) is 0.349. The van der Waals surface area contributed by atoms with Crippen LogP contribution >= 0.6 is 0 Å². The summed E-state index contributed by atoms with van der Waals surface area (Å²) in [6.45, 7) is 7.64. The van der Waals surface area contributed by atoms with E-state index in [4.69, 9.17) is 9.47 Å². The predicted molar refractivity (Wildman–Crippen MR) is 113 cm³/mol. The average molecular weight is 446 g/mol. The van der Waals surface area contributed by atoms with E-state index in [-0.39, 0.29) is 41.1 Å². The molecule has 1 aromatic carbocycles. The highest BCUT2D eigenvalue weighted by atomic mass is 16.6. The Balaban J connectivity index is 2.53. The van der Waals surface area contributed by atoms with Gasteiger partial charge in [-0.3, -0.25) is 14.9 Å². The van der Waals surface area contributed by atoms with Gasteiger partial charge in [0.2, 0.25) is 0 Å². The summed E-state index contributed by atoms with van der Waals surface area (Å²) in [5, 5.41) is 24.4. The number of hydrogen-bond acceptors (Lipinski definition) is 8. The van der Waals surface area contributed by atoms with Gasteiger partial charge in [-0.15, -0.1) is 0 Å². The zero-order chi connectivity index (χ0) is 24.2. The minimum absolute atomic E-state index is 0.0267. The van der Waals surface area contributed by atoms with Gasteiger partial charge in [-0.25, -0.2) is 9.59 Å². The number of dihydropyridines is 1. The van der Waals surface area contributed by atoms with Gasteiger partial charge in [0.15, 0.2) is 0 Å². The van der Waals surface area contributed by atoms with Gasteiger partial charge >= 0.3 is 17.9 Å². The number of rotatable bonds is 8. The molecule has 0 radical (unpaired) electrons. The van der Waals surface area contributed by atoms with E-state index in [1.165, 1.54) is 32.0 Å². The average Bonchev–Trinajstić information content (AvgIpc) is 2.65. The van der Waals surface area contributed by atoms with Gasteiger partial charge in [-0.05, 0) is 27.7 Å². The first-order valence-electron chi connectivity index (χ1n) is 9.87. The van der Waals surface area contributed by atoms with E-state index in [0.717, 1.165) is 0 Å². The molecule has 0 saturated heterocycles. The molecule has 0 aromatic heterocycles. The molecule has 10 heteroatoms. The molecule has 0 fully saturated rings. The van der Waals surface area contributed by atoms with Crippen LogP contribution in [0.3, 0.4) is 0 Å². The number of carbonyl (C=O) groups is 3. The Labute approximate surface area is 185 Å². The molecule has 1 aliphatic rings. The minimum Gasteiger partial charge on any atom is -0.478 e. The number of nitro groups is 1. The molecule has 1 aliphatic heterocycles. The molecule has 1 unspecified atom stereocenters. The Kier molecular flexibility index (Phi) is 7.40. The van der Waals surface area contributed by atoms with Crippen LogP contribution in [0.1, 0.15) is 52.5 Å². The van der Waals surface area contributed by atoms with Gasteiger partial charge in [0.1, 0.15) is 5.60 Å². The molecular weight excluding hydrogens is 420 g/mol. The summed E-state index contributed by atoms with van der Waals surface area (Å²) in [7, 11) is 0. The Bertz CT molecular complexity index is 1020. The number of ether oxygens (including phenoxy) is 2. The number of carboxylic acids is 1. The normalized spacial score (nSPS) is 16.3. The number of esters is 2. The molecule has 32 heavy (non-hydrogen) atoms. The number of nitrogens with one attached hydrogen (secondary N) is 1. The summed E-state index contributed by atoms with van der Waals surface area (Å²) in [6, 6.07) is 5.69. The highest BCUT2D eigenvalue weighted by Gasteiger charge is 2.41. The van der Waals surface area contributed by atoms with Crippen molar-refractivity contribution in [1.82, 2.24) is 5.32 Å². The minimum atomic E-state index is -1.31.